The van der Waals surface area contributed by atoms with Crippen LogP contribution >= 0.6 is 0 Å². The van der Waals surface area contributed by atoms with E-state index in [2.05, 4.69) is 0 Å². The number of hydrogen-bond acceptors (Lipinski definition) is 2. The maximum atomic E-state index is 10.5. The fourth-order valence-electron chi connectivity index (χ4n) is 0.710. The molecule has 68 valence electrons. The second-order valence-electron chi connectivity index (χ2n) is 2.29. The van der Waals surface area contributed by atoms with E-state index < -0.39 is 10.1 Å². The predicted molar refractivity (Wildman–Crippen MR) is 43.5 cm³/mol. The first-order chi connectivity index (χ1) is 5.00. The summed E-state index contributed by atoms with van der Waals surface area (Å²) < 4.78 is 29.6. The normalized spacial score (nSPS) is 10.5. The summed E-state index contributed by atoms with van der Waals surface area (Å²) in [5.74, 6) is 0. The summed E-state index contributed by atoms with van der Waals surface area (Å²) in [5.41, 5.74) is 0.956. The van der Waals surface area contributed by atoms with E-state index in [-0.39, 0.29) is 9.60 Å². The molecule has 0 aliphatic rings. The Labute approximate surface area is 70.2 Å². The first-order valence-electron chi connectivity index (χ1n) is 3.04. The first-order valence-corrected chi connectivity index (χ1v) is 4.48. The lowest BCUT2D eigenvalue weighted by Gasteiger charge is -1.95. The molecular formula is C7H9FO3S. The van der Waals surface area contributed by atoms with E-state index >= 15 is 0 Å². The predicted octanol–water partition coefficient (Wildman–Crippen LogP) is 1.39. The quantitative estimate of drug-likeness (QED) is 0.684. The van der Waals surface area contributed by atoms with E-state index in [9.17, 15) is 8.42 Å². The summed E-state index contributed by atoms with van der Waals surface area (Å²) in [7, 11) is -4.02. The number of rotatable bonds is 1. The average molecular weight is 192 g/mol. The summed E-state index contributed by atoms with van der Waals surface area (Å²) >= 11 is 0. The van der Waals surface area contributed by atoms with Crippen LogP contribution in [0, 0.1) is 6.92 Å². The van der Waals surface area contributed by atoms with Gasteiger partial charge in [0.25, 0.3) is 10.1 Å². The van der Waals surface area contributed by atoms with Crippen molar-refractivity contribution in [1.82, 2.24) is 0 Å². The monoisotopic (exact) mass is 192 g/mol. The molecule has 0 saturated carbocycles. The third-order valence-electron chi connectivity index (χ3n) is 1.32. The Kier molecular flexibility index (Phi) is 3.36. The topological polar surface area (TPSA) is 54.4 Å². The minimum atomic E-state index is -4.02. The number of benzene rings is 1. The van der Waals surface area contributed by atoms with E-state index in [4.69, 9.17) is 4.55 Å². The highest BCUT2D eigenvalue weighted by atomic mass is 32.2. The van der Waals surface area contributed by atoms with Gasteiger partial charge in [-0.2, -0.15) is 8.42 Å². The van der Waals surface area contributed by atoms with Gasteiger partial charge >= 0.3 is 0 Å². The van der Waals surface area contributed by atoms with Crippen LogP contribution in [0.2, 0.25) is 0 Å². The molecule has 1 N–H and O–H groups in total. The fourth-order valence-corrected chi connectivity index (χ4v) is 1.19. The summed E-state index contributed by atoms with van der Waals surface area (Å²) in [6, 6.07) is 5.99. The van der Waals surface area contributed by atoms with Crippen LogP contribution in [-0.4, -0.2) is 13.0 Å². The maximum Gasteiger partial charge on any atom is 0.294 e. The van der Waals surface area contributed by atoms with Gasteiger partial charge < -0.3 is 0 Å². The van der Waals surface area contributed by atoms with Gasteiger partial charge in [0.05, 0.1) is 4.90 Å². The summed E-state index contributed by atoms with van der Waals surface area (Å²) in [6.45, 7) is 1.84. The molecule has 0 spiro atoms. The summed E-state index contributed by atoms with van der Waals surface area (Å²) in [6.07, 6.45) is 0. The number of hydrogen-bond donors (Lipinski definition) is 1. The molecule has 0 atom stereocenters. The lowest BCUT2D eigenvalue weighted by atomic mass is 10.2. The molecule has 0 radical (unpaired) electrons. The fraction of sp³-hybridized carbons (Fsp3) is 0.143. The Bertz CT molecular complexity index is 341. The van der Waals surface area contributed by atoms with Crippen LogP contribution < -0.4 is 0 Å². The van der Waals surface area contributed by atoms with Crippen molar-refractivity contribution in [2.45, 2.75) is 11.8 Å². The molecule has 0 aromatic heterocycles. The molecule has 1 aromatic rings. The summed E-state index contributed by atoms with van der Waals surface area (Å²) in [5, 5.41) is 0. The molecule has 0 unspecified atom stereocenters. The highest BCUT2D eigenvalue weighted by molar-refractivity contribution is 7.85. The molecule has 12 heavy (non-hydrogen) atoms. The van der Waals surface area contributed by atoms with E-state index in [1.807, 2.05) is 6.92 Å². The Balaban J connectivity index is 0.00000121. The molecule has 0 fully saturated rings. The van der Waals surface area contributed by atoms with Crippen LogP contribution in [-0.2, 0) is 10.1 Å². The van der Waals surface area contributed by atoms with Crippen molar-refractivity contribution in [3.8, 4) is 0 Å². The van der Waals surface area contributed by atoms with Gasteiger partial charge in [0.15, 0.2) is 0 Å². The van der Waals surface area contributed by atoms with Crippen molar-refractivity contribution in [3.63, 3.8) is 0 Å². The molecule has 0 heterocycles. The van der Waals surface area contributed by atoms with Crippen LogP contribution in [0.3, 0.4) is 0 Å². The van der Waals surface area contributed by atoms with Gasteiger partial charge in [0.2, 0.25) is 0 Å². The van der Waals surface area contributed by atoms with Gasteiger partial charge in [0.1, 0.15) is 0 Å². The van der Waals surface area contributed by atoms with Gasteiger partial charge in [-0.05, 0) is 19.1 Å². The SMILES string of the molecule is Cc1ccc(S(=O)(=O)O)cc1.F. The first kappa shape index (κ1) is 11.1. The highest BCUT2D eigenvalue weighted by Gasteiger charge is 2.06. The lowest BCUT2D eigenvalue weighted by Crippen LogP contribution is -1.96. The van der Waals surface area contributed by atoms with Crippen molar-refractivity contribution in [2.24, 2.45) is 0 Å². The van der Waals surface area contributed by atoms with Gasteiger partial charge in [-0.25, -0.2) is 0 Å². The molecule has 1 aromatic carbocycles. The molecule has 0 bridgehead atoms. The van der Waals surface area contributed by atoms with E-state index in [1.165, 1.54) is 12.1 Å². The maximum absolute atomic E-state index is 10.5. The van der Waals surface area contributed by atoms with Crippen LogP contribution in [0.4, 0.5) is 4.70 Å². The van der Waals surface area contributed by atoms with Crippen molar-refractivity contribution in [2.75, 3.05) is 0 Å². The Morgan fingerprint density at radius 3 is 1.92 bits per heavy atom. The van der Waals surface area contributed by atoms with Crippen molar-refractivity contribution >= 4 is 10.1 Å². The molecule has 3 nitrogen and oxygen atoms in total. The zero-order chi connectivity index (χ0) is 8.48. The molecule has 0 aliphatic carbocycles. The highest BCUT2D eigenvalue weighted by Crippen LogP contribution is 2.08. The van der Waals surface area contributed by atoms with E-state index in [1.54, 1.807) is 12.1 Å². The largest absolute Gasteiger partial charge is 0.294 e. The minimum absolute atomic E-state index is 0. The molecule has 0 saturated heterocycles. The van der Waals surface area contributed by atoms with Crippen LogP contribution in [0.5, 0.6) is 0 Å². The molecule has 5 heteroatoms. The third-order valence-corrected chi connectivity index (χ3v) is 2.19. The smallest absolute Gasteiger partial charge is 0.282 e. The van der Waals surface area contributed by atoms with Crippen molar-refractivity contribution < 1.29 is 17.7 Å². The zero-order valence-corrected chi connectivity index (χ0v) is 7.21. The average Bonchev–Trinajstić information content (AvgIpc) is 1.86. The molecule has 0 aliphatic heterocycles. The lowest BCUT2D eigenvalue weighted by molar-refractivity contribution is 0.483. The Morgan fingerprint density at radius 1 is 1.17 bits per heavy atom. The Hall–Kier alpha value is -0.940. The molecule has 1 rings (SSSR count). The molecule has 0 amide bonds. The number of halogens is 1. The minimum Gasteiger partial charge on any atom is -0.282 e. The second-order valence-corrected chi connectivity index (χ2v) is 3.71. The van der Waals surface area contributed by atoms with Crippen molar-refractivity contribution in [1.29, 1.82) is 0 Å². The van der Waals surface area contributed by atoms with Gasteiger partial charge in [-0.3, -0.25) is 9.26 Å². The van der Waals surface area contributed by atoms with Gasteiger partial charge in [-0.15, -0.1) is 0 Å². The zero-order valence-electron chi connectivity index (χ0n) is 6.39. The van der Waals surface area contributed by atoms with Crippen LogP contribution in [0.1, 0.15) is 5.56 Å². The van der Waals surface area contributed by atoms with Crippen LogP contribution in [0.15, 0.2) is 29.2 Å². The van der Waals surface area contributed by atoms with Crippen molar-refractivity contribution in [3.05, 3.63) is 29.8 Å². The van der Waals surface area contributed by atoms with E-state index in [0.717, 1.165) is 5.56 Å². The standard InChI is InChI=1S/C7H8O3S.FH/c1-6-2-4-7(5-3-6)11(8,9)10;/h2-5H,1H3,(H,8,9,10);1H. The van der Waals surface area contributed by atoms with Gasteiger partial charge in [-0.1, -0.05) is 17.7 Å². The number of aryl methyl sites for hydroxylation is 1. The van der Waals surface area contributed by atoms with E-state index in [0.29, 0.717) is 0 Å². The third kappa shape index (κ3) is 2.60. The summed E-state index contributed by atoms with van der Waals surface area (Å²) in [4.78, 5) is -0.0666. The Morgan fingerprint density at radius 2 is 1.58 bits per heavy atom. The van der Waals surface area contributed by atoms with Gasteiger partial charge in [0, 0.05) is 0 Å². The molecular weight excluding hydrogens is 183 g/mol. The second kappa shape index (κ2) is 3.64. The van der Waals surface area contributed by atoms with Crippen LogP contribution in [0.25, 0.3) is 0 Å².